The van der Waals surface area contributed by atoms with Gasteiger partial charge in [0.2, 0.25) is 0 Å². The number of hydrogen-bond donors (Lipinski definition) is 1. The van der Waals surface area contributed by atoms with Crippen molar-refractivity contribution in [1.82, 2.24) is 0 Å². The molecule has 0 aliphatic heterocycles. The van der Waals surface area contributed by atoms with Crippen LogP contribution in [-0.2, 0) is 0 Å². The fraction of sp³-hybridized carbons (Fsp3) is 0.125. The van der Waals surface area contributed by atoms with E-state index in [1.165, 1.54) is 0 Å². The molecule has 3 heteroatoms. The molecule has 3 aromatic carbocycles. The first kappa shape index (κ1) is 12.3. The van der Waals surface area contributed by atoms with Crippen LogP contribution in [0.1, 0.15) is 0 Å². The number of aliphatic hydroxyl groups excluding tert-OH is 1. The highest BCUT2D eigenvalue weighted by atomic mass is 35.5. The zero-order valence-electron chi connectivity index (χ0n) is 10.3. The normalized spacial score (nSPS) is 11.1. The first-order chi connectivity index (χ1) is 9.29. The van der Waals surface area contributed by atoms with Gasteiger partial charge >= 0.3 is 0 Å². The molecular weight excluding hydrogens is 260 g/mol. The smallest absolute Gasteiger partial charge is 0.135 e. The molecule has 19 heavy (non-hydrogen) atoms. The average Bonchev–Trinajstić information content (AvgIpc) is 2.44. The van der Waals surface area contributed by atoms with Crippen molar-refractivity contribution >= 4 is 33.1 Å². The van der Waals surface area contributed by atoms with Crippen molar-refractivity contribution in [3.63, 3.8) is 0 Å². The van der Waals surface area contributed by atoms with Crippen LogP contribution in [0.15, 0.2) is 48.5 Å². The lowest BCUT2D eigenvalue weighted by Gasteiger charge is -2.12. The number of hydrogen-bond acceptors (Lipinski definition) is 2. The first-order valence-electron chi connectivity index (χ1n) is 6.14. The highest BCUT2D eigenvalue weighted by Gasteiger charge is 2.09. The van der Waals surface area contributed by atoms with Crippen LogP contribution in [0.3, 0.4) is 0 Å². The number of fused-ring (bicyclic) bond motifs is 2. The molecule has 0 aromatic heterocycles. The molecule has 2 nitrogen and oxygen atoms in total. The summed E-state index contributed by atoms with van der Waals surface area (Å²) in [5, 5.41) is 13.9. The molecule has 0 fully saturated rings. The molecule has 0 atom stereocenters. The van der Waals surface area contributed by atoms with Crippen LogP contribution in [0.4, 0.5) is 0 Å². The van der Waals surface area contributed by atoms with Crippen molar-refractivity contribution in [1.29, 1.82) is 0 Å². The standard InChI is InChI=1S/C16H13ClO2/c17-13-6-5-12-9-11-3-1-2-4-14(11)16(15(12)10-13)19-8-7-18/h1-6,9-10,18H,7-8H2. The summed E-state index contributed by atoms with van der Waals surface area (Å²) >= 11 is 6.07. The first-order valence-corrected chi connectivity index (χ1v) is 6.52. The number of aliphatic hydroxyl groups is 1. The summed E-state index contributed by atoms with van der Waals surface area (Å²) in [6.45, 7) is 0.265. The van der Waals surface area contributed by atoms with Crippen LogP contribution >= 0.6 is 11.6 Å². The molecule has 3 aromatic rings. The van der Waals surface area contributed by atoms with E-state index >= 15 is 0 Å². The summed E-state index contributed by atoms with van der Waals surface area (Å²) < 4.78 is 5.73. The fourth-order valence-electron chi connectivity index (χ4n) is 2.30. The maximum atomic E-state index is 8.98. The van der Waals surface area contributed by atoms with Crippen molar-refractivity contribution in [2.75, 3.05) is 13.2 Å². The topological polar surface area (TPSA) is 29.5 Å². The van der Waals surface area contributed by atoms with Crippen LogP contribution in [-0.4, -0.2) is 18.3 Å². The van der Waals surface area contributed by atoms with Gasteiger partial charge in [-0.15, -0.1) is 0 Å². The van der Waals surface area contributed by atoms with Gasteiger partial charge < -0.3 is 9.84 Å². The second kappa shape index (κ2) is 5.08. The van der Waals surface area contributed by atoms with Gasteiger partial charge in [0.25, 0.3) is 0 Å². The molecule has 0 bridgehead atoms. The summed E-state index contributed by atoms with van der Waals surface area (Å²) in [7, 11) is 0. The zero-order valence-corrected chi connectivity index (χ0v) is 11.0. The Bertz CT molecular complexity index is 737. The predicted molar refractivity (Wildman–Crippen MR) is 79.0 cm³/mol. The summed E-state index contributed by atoms with van der Waals surface area (Å²) in [6.07, 6.45) is 0. The van der Waals surface area contributed by atoms with Gasteiger partial charge in [-0.05, 0) is 29.0 Å². The average molecular weight is 273 g/mol. The summed E-state index contributed by atoms with van der Waals surface area (Å²) in [4.78, 5) is 0. The molecule has 0 aliphatic carbocycles. The van der Waals surface area contributed by atoms with Crippen molar-refractivity contribution in [2.24, 2.45) is 0 Å². The van der Waals surface area contributed by atoms with Crippen molar-refractivity contribution in [3.8, 4) is 5.75 Å². The molecule has 0 spiro atoms. The van der Waals surface area contributed by atoms with Gasteiger partial charge in [0.1, 0.15) is 12.4 Å². The third kappa shape index (κ3) is 2.25. The molecule has 0 radical (unpaired) electrons. The van der Waals surface area contributed by atoms with Crippen LogP contribution in [0, 0.1) is 0 Å². The second-order valence-electron chi connectivity index (χ2n) is 4.36. The minimum Gasteiger partial charge on any atom is -0.490 e. The molecule has 96 valence electrons. The number of rotatable bonds is 3. The molecule has 0 amide bonds. The molecule has 3 rings (SSSR count). The van der Waals surface area contributed by atoms with E-state index in [9.17, 15) is 0 Å². The third-order valence-corrected chi connectivity index (χ3v) is 3.35. The second-order valence-corrected chi connectivity index (χ2v) is 4.80. The highest BCUT2D eigenvalue weighted by Crippen LogP contribution is 2.36. The van der Waals surface area contributed by atoms with Crippen molar-refractivity contribution < 1.29 is 9.84 Å². The van der Waals surface area contributed by atoms with Gasteiger partial charge in [-0.25, -0.2) is 0 Å². The maximum Gasteiger partial charge on any atom is 0.135 e. The number of benzene rings is 3. The van der Waals surface area contributed by atoms with Crippen LogP contribution in [0.2, 0.25) is 5.02 Å². The van der Waals surface area contributed by atoms with Gasteiger partial charge in [0.05, 0.1) is 6.61 Å². The Kier molecular flexibility index (Phi) is 3.28. The van der Waals surface area contributed by atoms with Crippen LogP contribution < -0.4 is 4.74 Å². The molecular formula is C16H13ClO2. The Hall–Kier alpha value is -1.77. The minimum absolute atomic E-state index is 0.00865. The van der Waals surface area contributed by atoms with Gasteiger partial charge in [-0.1, -0.05) is 41.9 Å². The summed E-state index contributed by atoms with van der Waals surface area (Å²) in [5.41, 5.74) is 0. The van der Waals surface area contributed by atoms with Gasteiger partial charge in [0.15, 0.2) is 0 Å². The predicted octanol–water partition coefficient (Wildman–Crippen LogP) is 4.02. The van der Waals surface area contributed by atoms with E-state index in [2.05, 4.69) is 12.1 Å². The Morgan fingerprint density at radius 3 is 2.58 bits per heavy atom. The van der Waals surface area contributed by atoms with E-state index in [-0.39, 0.29) is 13.2 Å². The van der Waals surface area contributed by atoms with Gasteiger partial charge in [-0.3, -0.25) is 0 Å². The summed E-state index contributed by atoms with van der Waals surface area (Å²) in [5.74, 6) is 0.782. The lowest BCUT2D eigenvalue weighted by atomic mass is 10.0. The molecule has 1 N–H and O–H groups in total. The lowest BCUT2D eigenvalue weighted by Crippen LogP contribution is -2.02. The largest absolute Gasteiger partial charge is 0.490 e. The van der Waals surface area contributed by atoms with E-state index in [1.807, 2.05) is 36.4 Å². The van der Waals surface area contributed by atoms with E-state index in [0.29, 0.717) is 5.02 Å². The maximum absolute atomic E-state index is 8.98. The molecule has 0 saturated heterocycles. The SMILES string of the molecule is OCCOc1c2ccccc2cc2ccc(Cl)cc12. The quantitative estimate of drug-likeness (QED) is 0.730. The molecule has 0 saturated carbocycles. The third-order valence-electron chi connectivity index (χ3n) is 3.11. The van der Waals surface area contributed by atoms with E-state index in [4.69, 9.17) is 21.4 Å². The summed E-state index contributed by atoms with van der Waals surface area (Å²) in [6, 6.07) is 15.9. The number of ether oxygens (including phenoxy) is 1. The molecule has 0 unspecified atom stereocenters. The van der Waals surface area contributed by atoms with Crippen molar-refractivity contribution in [3.05, 3.63) is 53.6 Å². The van der Waals surface area contributed by atoms with E-state index in [1.54, 1.807) is 0 Å². The monoisotopic (exact) mass is 272 g/mol. The van der Waals surface area contributed by atoms with E-state index < -0.39 is 0 Å². The Balaban J connectivity index is 2.36. The van der Waals surface area contributed by atoms with Crippen LogP contribution in [0.25, 0.3) is 21.5 Å². The molecule has 0 heterocycles. The molecule has 0 aliphatic rings. The van der Waals surface area contributed by atoms with Crippen LogP contribution in [0.5, 0.6) is 5.75 Å². The van der Waals surface area contributed by atoms with Gasteiger partial charge in [-0.2, -0.15) is 0 Å². The Morgan fingerprint density at radius 2 is 1.74 bits per heavy atom. The fourth-order valence-corrected chi connectivity index (χ4v) is 2.47. The number of halogens is 1. The van der Waals surface area contributed by atoms with Crippen molar-refractivity contribution in [2.45, 2.75) is 0 Å². The van der Waals surface area contributed by atoms with Gasteiger partial charge in [0, 0.05) is 15.8 Å². The zero-order chi connectivity index (χ0) is 13.2. The van der Waals surface area contributed by atoms with E-state index in [0.717, 1.165) is 27.3 Å². The Morgan fingerprint density at radius 1 is 0.947 bits per heavy atom. The highest BCUT2D eigenvalue weighted by molar-refractivity contribution is 6.31. The minimum atomic E-state index is -0.00865. The lowest BCUT2D eigenvalue weighted by molar-refractivity contribution is 0.204. The Labute approximate surface area is 116 Å².